The highest BCUT2D eigenvalue weighted by Crippen LogP contribution is 2.32. The van der Waals surface area contributed by atoms with Crippen molar-refractivity contribution in [1.29, 1.82) is 0 Å². The van der Waals surface area contributed by atoms with Crippen molar-refractivity contribution in [1.82, 2.24) is 0 Å². The first-order chi connectivity index (χ1) is 6.18. The molecule has 2 N–H and O–H groups in total. The van der Waals surface area contributed by atoms with E-state index in [2.05, 4.69) is 22.6 Å². The Morgan fingerprint density at radius 1 is 1.46 bits per heavy atom. The van der Waals surface area contributed by atoms with E-state index in [9.17, 15) is 4.39 Å². The van der Waals surface area contributed by atoms with Gasteiger partial charge in [-0.05, 0) is 65.1 Å². The van der Waals surface area contributed by atoms with Gasteiger partial charge in [0.15, 0.2) is 0 Å². The molecule has 1 aromatic carbocycles. The van der Waals surface area contributed by atoms with Crippen LogP contribution in [0.1, 0.15) is 30.0 Å². The Morgan fingerprint density at radius 3 is 3.00 bits per heavy atom. The van der Waals surface area contributed by atoms with Crippen LogP contribution in [-0.4, -0.2) is 0 Å². The molecule has 3 heteroatoms. The summed E-state index contributed by atoms with van der Waals surface area (Å²) in [6.07, 6.45) is 3.07. The lowest BCUT2D eigenvalue weighted by Crippen LogP contribution is -2.19. The van der Waals surface area contributed by atoms with E-state index in [1.54, 1.807) is 12.1 Å². The van der Waals surface area contributed by atoms with Gasteiger partial charge in [-0.2, -0.15) is 0 Å². The second-order valence-corrected chi connectivity index (χ2v) is 4.62. The minimum absolute atomic E-state index is 0.108. The largest absolute Gasteiger partial charge is 0.324 e. The van der Waals surface area contributed by atoms with Gasteiger partial charge in [0.1, 0.15) is 5.82 Å². The fraction of sp³-hybridized carbons (Fsp3) is 0.400. The molecule has 1 aliphatic rings. The number of rotatable bonds is 0. The van der Waals surface area contributed by atoms with Gasteiger partial charge in [0.05, 0.1) is 0 Å². The van der Waals surface area contributed by atoms with Gasteiger partial charge < -0.3 is 5.73 Å². The molecule has 1 atom stereocenters. The Kier molecular flexibility index (Phi) is 2.55. The normalized spacial score (nSPS) is 21.3. The van der Waals surface area contributed by atoms with E-state index in [-0.39, 0.29) is 11.9 Å². The van der Waals surface area contributed by atoms with E-state index in [1.165, 1.54) is 0 Å². The van der Waals surface area contributed by atoms with E-state index in [0.29, 0.717) is 0 Å². The van der Waals surface area contributed by atoms with Crippen molar-refractivity contribution in [3.8, 4) is 0 Å². The Balaban J connectivity index is 2.56. The van der Waals surface area contributed by atoms with Gasteiger partial charge in [-0.15, -0.1) is 0 Å². The average Bonchev–Trinajstić information content (AvgIpc) is 2.02. The van der Waals surface area contributed by atoms with E-state index in [0.717, 1.165) is 34.0 Å². The van der Waals surface area contributed by atoms with Crippen molar-refractivity contribution < 1.29 is 4.39 Å². The molecule has 0 fully saturated rings. The number of aryl methyl sites for hydroxylation is 1. The number of hydrogen-bond donors (Lipinski definition) is 1. The summed E-state index contributed by atoms with van der Waals surface area (Å²) in [5.41, 5.74) is 8.23. The van der Waals surface area contributed by atoms with Gasteiger partial charge in [-0.25, -0.2) is 4.39 Å². The van der Waals surface area contributed by atoms with Gasteiger partial charge in [-0.3, -0.25) is 0 Å². The van der Waals surface area contributed by atoms with E-state index >= 15 is 0 Å². The minimum Gasteiger partial charge on any atom is -0.324 e. The second-order valence-electron chi connectivity index (χ2n) is 3.46. The Hall–Kier alpha value is -0.160. The van der Waals surface area contributed by atoms with Crippen molar-refractivity contribution in [3.63, 3.8) is 0 Å². The zero-order chi connectivity index (χ0) is 9.42. The molecule has 1 nitrogen and oxygen atoms in total. The van der Waals surface area contributed by atoms with Gasteiger partial charge in [0.25, 0.3) is 0 Å². The molecule has 0 radical (unpaired) electrons. The zero-order valence-electron chi connectivity index (χ0n) is 7.19. The van der Waals surface area contributed by atoms with Crippen LogP contribution in [0.2, 0.25) is 0 Å². The van der Waals surface area contributed by atoms with Crippen LogP contribution in [0.15, 0.2) is 12.1 Å². The molecule has 2 rings (SSSR count). The lowest BCUT2D eigenvalue weighted by atomic mass is 9.88. The summed E-state index contributed by atoms with van der Waals surface area (Å²) < 4.78 is 14.0. The Labute approximate surface area is 90.7 Å². The first-order valence-electron chi connectivity index (χ1n) is 4.42. The Bertz CT molecular complexity index is 338. The smallest absolute Gasteiger partial charge is 0.124 e. The molecule has 0 unspecified atom stereocenters. The maximum absolute atomic E-state index is 13.0. The van der Waals surface area contributed by atoms with Crippen LogP contribution in [0.5, 0.6) is 0 Å². The summed E-state index contributed by atoms with van der Waals surface area (Å²) >= 11 is 2.16. The summed E-state index contributed by atoms with van der Waals surface area (Å²) in [5.74, 6) is -0.141. The molecule has 0 saturated heterocycles. The standard InChI is InChI=1S/C10H11FIN/c11-7-4-6-2-1-3-9(13)10(6)8(12)5-7/h4-5,9H,1-3,13H2/t9-/m1/s1. The maximum Gasteiger partial charge on any atom is 0.124 e. The lowest BCUT2D eigenvalue weighted by molar-refractivity contribution is 0.556. The van der Waals surface area contributed by atoms with Gasteiger partial charge in [0.2, 0.25) is 0 Å². The molecule has 0 bridgehead atoms. The van der Waals surface area contributed by atoms with E-state index < -0.39 is 0 Å². The SMILES string of the molecule is N[C@@H]1CCCc2cc(F)cc(I)c21. The highest BCUT2D eigenvalue weighted by Gasteiger charge is 2.19. The number of hydrogen-bond acceptors (Lipinski definition) is 1. The minimum atomic E-state index is -0.141. The summed E-state index contributed by atoms with van der Waals surface area (Å²) in [4.78, 5) is 0. The second kappa shape index (κ2) is 3.53. The van der Waals surface area contributed by atoms with Crippen LogP contribution in [0.4, 0.5) is 4.39 Å². The maximum atomic E-state index is 13.0. The predicted octanol–water partition coefficient (Wildman–Crippen LogP) is 2.77. The summed E-state index contributed by atoms with van der Waals surface area (Å²) in [6, 6.07) is 3.29. The molecular formula is C10H11FIN. The van der Waals surface area contributed by atoms with Crippen LogP contribution in [0.25, 0.3) is 0 Å². The van der Waals surface area contributed by atoms with Gasteiger partial charge in [0, 0.05) is 9.61 Å². The third-order valence-corrected chi connectivity index (χ3v) is 3.40. The monoisotopic (exact) mass is 291 g/mol. The zero-order valence-corrected chi connectivity index (χ0v) is 9.34. The average molecular weight is 291 g/mol. The molecule has 70 valence electrons. The van der Waals surface area contributed by atoms with Crippen molar-refractivity contribution in [3.05, 3.63) is 32.6 Å². The highest BCUT2D eigenvalue weighted by atomic mass is 127. The third-order valence-electron chi connectivity index (χ3n) is 2.51. The fourth-order valence-corrected chi connectivity index (χ4v) is 2.96. The number of nitrogens with two attached hydrogens (primary N) is 1. The molecule has 0 heterocycles. The predicted molar refractivity (Wildman–Crippen MR) is 59.0 cm³/mol. The van der Waals surface area contributed by atoms with Crippen molar-refractivity contribution in [2.24, 2.45) is 5.73 Å². The van der Waals surface area contributed by atoms with Crippen molar-refractivity contribution in [2.75, 3.05) is 0 Å². The molecule has 1 aliphatic carbocycles. The number of benzene rings is 1. The van der Waals surface area contributed by atoms with Gasteiger partial charge >= 0.3 is 0 Å². The number of halogens is 2. The van der Waals surface area contributed by atoms with Crippen LogP contribution in [0, 0.1) is 9.39 Å². The summed E-state index contributed by atoms with van der Waals surface area (Å²) in [6.45, 7) is 0. The Morgan fingerprint density at radius 2 is 2.23 bits per heavy atom. The summed E-state index contributed by atoms with van der Waals surface area (Å²) in [7, 11) is 0. The molecule has 0 spiro atoms. The quantitative estimate of drug-likeness (QED) is 0.731. The fourth-order valence-electron chi connectivity index (χ4n) is 1.92. The van der Waals surface area contributed by atoms with Crippen LogP contribution >= 0.6 is 22.6 Å². The molecule has 0 saturated carbocycles. The van der Waals surface area contributed by atoms with Crippen LogP contribution < -0.4 is 5.73 Å². The number of fused-ring (bicyclic) bond motifs is 1. The first kappa shape index (κ1) is 9.40. The summed E-state index contributed by atoms with van der Waals surface area (Å²) in [5, 5.41) is 0. The highest BCUT2D eigenvalue weighted by molar-refractivity contribution is 14.1. The molecule has 0 aliphatic heterocycles. The van der Waals surface area contributed by atoms with Gasteiger partial charge in [-0.1, -0.05) is 0 Å². The molecule has 0 amide bonds. The topological polar surface area (TPSA) is 26.0 Å². The third kappa shape index (κ3) is 1.72. The molecule has 0 aromatic heterocycles. The van der Waals surface area contributed by atoms with Crippen molar-refractivity contribution in [2.45, 2.75) is 25.3 Å². The van der Waals surface area contributed by atoms with Crippen LogP contribution in [0.3, 0.4) is 0 Å². The van der Waals surface area contributed by atoms with Crippen LogP contribution in [-0.2, 0) is 6.42 Å². The van der Waals surface area contributed by atoms with Crippen molar-refractivity contribution >= 4 is 22.6 Å². The molecule has 13 heavy (non-hydrogen) atoms. The first-order valence-corrected chi connectivity index (χ1v) is 5.50. The van der Waals surface area contributed by atoms with E-state index in [1.807, 2.05) is 0 Å². The van der Waals surface area contributed by atoms with E-state index in [4.69, 9.17) is 5.73 Å². The lowest BCUT2D eigenvalue weighted by Gasteiger charge is -2.23. The molecular weight excluding hydrogens is 280 g/mol. The molecule has 1 aromatic rings.